The van der Waals surface area contributed by atoms with E-state index in [-0.39, 0.29) is 4.90 Å². The molecule has 1 rings (SSSR count). The van der Waals surface area contributed by atoms with Gasteiger partial charge in [0.2, 0.25) is 10.0 Å². The lowest BCUT2D eigenvalue weighted by atomic mass is 10.3. The van der Waals surface area contributed by atoms with Crippen molar-refractivity contribution >= 4 is 47.9 Å². The van der Waals surface area contributed by atoms with Gasteiger partial charge >= 0.3 is 5.97 Å². The van der Waals surface area contributed by atoms with E-state index in [0.29, 0.717) is 8.95 Å². The SMILES string of the molecule is O=C(O)C(CO)NS(=O)(=O)c1cc(Br)ccc1Br. The molecule has 0 bridgehead atoms. The molecule has 0 amide bonds. The molecule has 1 unspecified atom stereocenters. The van der Waals surface area contributed by atoms with Gasteiger partial charge in [0.15, 0.2) is 0 Å². The molecule has 0 spiro atoms. The number of sulfonamides is 1. The Labute approximate surface area is 120 Å². The third-order valence-corrected chi connectivity index (χ3v) is 4.92. The number of nitrogens with one attached hydrogen (secondary N) is 1. The summed E-state index contributed by atoms with van der Waals surface area (Å²) in [5, 5.41) is 17.5. The van der Waals surface area contributed by atoms with E-state index in [9.17, 15) is 13.2 Å². The maximum absolute atomic E-state index is 11.9. The van der Waals surface area contributed by atoms with Crippen molar-refractivity contribution in [3.63, 3.8) is 0 Å². The Morgan fingerprint density at radius 2 is 2.00 bits per heavy atom. The molecule has 1 aromatic carbocycles. The Bertz CT molecular complexity index is 560. The van der Waals surface area contributed by atoms with Gasteiger partial charge in [0.05, 0.1) is 11.5 Å². The first-order valence-electron chi connectivity index (χ1n) is 4.59. The van der Waals surface area contributed by atoms with Gasteiger partial charge in [0.1, 0.15) is 6.04 Å². The van der Waals surface area contributed by atoms with Crippen LogP contribution in [0.1, 0.15) is 0 Å². The second kappa shape index (κ2) is 6.11. The molecule has 0 aromatic heterocycles. The lowest BCUT2D eigenvalue weighted by molar-refractivity contribution is -0.139. The molecule has 3 N–H and O–H groups in total. The molecular weight excluding hydrogens is 394 g/mol. The highest BCUT2D eigenvalue weighted by molar-refractivity contribution is 9.11. The average Bonchev–Trinajstić information content (AvgIpc) is 2.28. The summed E-state index contributed by atoms with van der Waals surface area (Å²) in [6, 6.07) is 2.88. The van der Waals surface area contributed by atoms with Crippen LogP contribution in [-0.4, -0.2) is 37.2 Å². The standard InChI is InChI=1S/C9H9Br2NO5S/c10-5-1-2-6(11)8(3-5)18(16,17)12-7(4-13)9(14)15/h1-3,7,12-13H,4H2,(H,14,15). The monoisotopic (exact) mass is 401 g/mol. The summed E-state index contributed by atoms with van der Waals surface area (Å²) in [5.74, 6) is -1.45. The molecule has 0 aliphatic heterocycles. The summed E-state index contributed by atoms with van der Waals surface area (Å²) >= 11 is 6.19. The molecule has 18 heavy (non-hydrogen) atoms. The topological polar surface area (TPSA) is 104 Å². The van der Waals surface area contributed by atoms with Gasteiger partial charge in [-0.15, -0.1) is 0 Å². The minimum atomic E-state index is -4.04. The summed E-state index contributed by atoms with van der Waals surface area (Å²) in [4.78, 5) is 10.6. The first-order chi connectivity index (χ1) is 8.27. The van der Waals surface area contributed by atoms with Crippen molar-refractivity contribution in [3.8, 4) is 0 Å². The first kappa shape index (κ1) is 15.6. The predicted octanol–water partition coefficient (Wildman–Crippen LogP) is 0.935. The largest absolute Gasteiger partial charge is 0.480 e. The third-order valence-electron chi connectivity index (χ3n) is 1.96. The number of hydrogen-bond acceptors (Lipinski definition) is 4. The van der Waals surface area contributed by atoms with Crippen LogP contribution in [0.2, 0.25) is 0 Å². The van der Waals surface area contributed by atoms with Crippen molar-refractivity contribution in [2.24, 2.45) is 0 Å². The van der Waals surface area contributed by atoms with Gasteiger partial charge in [0, 0.05) is 8.95 Å². The summed E-state index contributed by atoms with van der Waals surface area (Å²) in [5.41, 5.74) is 0. The lowest BCUT2D eigenvalue weighted by Crippen LogP contribution is -2.43. The number of aliphatic carboxylic acids is 1. The molecule has 0 fully saturated rings. The lowest BCUT2D eigenvalue weighted by Gasteiger charge is -2.13. The molecule has 100 valence electrons. The number of carbonyl (C=O) groups is 1. The highest BCUT2D eigenvalue weighted by Gasteiger charge is 2.26. The summed E-state index contributed by atoms with van der Waals surface area (Å²) in [6.07, 6.45) is 0. The number of hydrogen-bond donors (Lipinski definition) is 3. The molecule has 1 aromatic rings. The normalized spacial score (nSPS) is 13.3. The fourth-order valence-corrected chi connectivity index (χ4v) is 3.78. The number of carboxylic acids is 1. The molecule has 0 saturated heterocycles. The highest BCUT2D eigenvalue weighted by atomic mass is 79.9. The fraction of sp³-hybridized carbons (Fsp3) is 0.222. The number of aliphatic hydroxyl groups is 1. The van der Waals surface area contributed by atoms with E-state index in [1.807, 2.05) is 4.72 Å². The number of rotatable bonds is 5. The van der Waals surface area contributed by atoms with E-state index in [2.05, 4.69) is 31.9 Å². The molecule has 9 heteroatoms. The minimum Gasteiger partial charge on any atom is -0.480 e. The second-order valence-electron chi connectivity index (χ2n) is 3.27. The van der Waals surface area contributed by atoms with Crippen LogP contribution < -0.4 is 4.72 Å². The molecule has 0 radical (unpaired) electrons. The smallest absolute Gasteiger partial charge is 0.324 e. The molecule has 0 heterocycles. The number of carboxylic acid groups (broad SMARTS) is 1. The van der Waals surface area contributed by atoms with Gasteiger partial charge in [-0.1, -0.05) is 15.9 Å². The van der Waals surface area contributed by atoms with Crippen LogP contribution in [0.15, 0.2) is 32.0 Å². The third kappa shape index (κ3) is 3.75. The maximum atomic E-state index is 11.9. The molecule has 6 nitrogen and oxygen atoms in total. The Balaban J connectivity index is 3.14. The van der Waals surface area contributed by atoms with E-state index in [1.165, 1.54) is 12.1 Å². The van der Waals surface area contributed by atoms with Gasteiger partial charge < -0.3 is 10.2 Å². The number of benzene rings is 1. The number of aliphatic hydroxyl groups excluding tert-OH is 1. The van der Waals surface area contributed by atoms with E-state index in [0.717, 1.165) is 0 Å². The van der Waals surface area contributed by atoms with Crippen molar-refractivity contribution in [1.29, 1.82) is 0 Å². The van der Waals surface area contributed by atoms with E-state index >= 15 is 0 Å². The zero-order chi connectivity index (χ0) is 13.9. The predicted molar refractivity (Wildman–Crippen MR) is 70.7 cm³/mol. The number of halogens is 2. The fourth-order valence-electron chi connectivity index (χ4n) is 1.10. The molecule has 0 aliphatic carbocycles. The summed E-state index contributed by atoms with van der Waals surface area (Å²) < 4.78 is 26.6. The van der Waals surface area contributed by atoms with Gasteiger partial charge in [-0.25, -0.2) is 8.42 Å². The van der Waals surface area contributed by atoms with Gasteiger partial charge in [0.25, 0.3) is 0 Å². The molecular formula is C9H9Br2NO5S. The molecule has 1 atom stereocenters. The van der Waals surface area contributed by atoms with Crippen LogP contribution in [0.3, 0.4) is 0 Å². The molecule has 0 saturated carbocycles. The van der Waals surface area contributed by atoms with Crippen LogP contribution in [0.4, 0.5) is 0 Å². The highest BCUT2D eigenvalue weighted by Crippen LogP contribution is 2.25. The minimum absolute atomic E-state index is 0.114. The zero-order valence-corrected chi connectivity index (χ0v) is 12.8. The first-order valence-corrected chi connectivity index (χ1v) is 7.66. The maximum Gasteiger partial charge on any atom is 0.324 e. The second-order valence-corrected chi connectivity index (χ2v) is 6.72. The average molecular weight is 403 g/mol. The van der Waals surface area contributed by atoms with Gasteiger partial charge in [-0.2, -0.15) is 4.72 Å². The van der Waals surface area contributed by atoms with Crippen molar-refractivity contribution < 1.29 is 23.4 Å². The van der Waals surface area contributed by atoms with Crippen molar-refractivity contribution in [1.82, 2.24) is 4.72 Å². The Morgan fingerprint density at radius 3 is 2.50 bits per heavy atom. The van der Waals surface area contributed by atoms with Crippen LogP contribution >= 0.6 is 31.9 Å². The van der Waals surface area contributed by atoms with Crippen LogP contribution in [0.25, 0.3) is 0 Å². The van der Waals surface area contributed by atoms with Crippen molar-refractivity contribution in [3.05, 3.63) is 27.1 Å². The molecule has 0 aliphatic rings. The summed E-state index contributed by atoms with van der Waals surface area (Å²) in [6.45, 7) is -0.833. The van der Waals surface area contributed by atoms with E-state index in [1.54, 1.807) is 6.07 Å². The van der Waals surface area contributed by atoms with Crippen LogP contribution in [0.5, 0.6) is 0 Å². The van der Waals surface area contributed by atoms with E-state index < -0.39 is 28.6 Å². The van der Waals surface area contributed by atoms with Gasteiger partial charge in [-0.3, -0.25) is 4.79 Å². The Hall–Kier alpha value is -0.480. The quantitative estimate of drug-likeness (QED) is 0.679. The zero-order valence-electron chi connectivity index (χ0n) is 8.80. The van der Waals surface area contributed by atoms with Gasteiger partial charge in [-0.05, 0) is 34.1 Å². The van der Waals surface area contributed by atoms with Crippen molar-refractivity contribution in [2.45, 2.75) is 10.9 Å². The summed E-state index contributed by atoms with van der Waals surface area (Å²) in [7, 11) is -4.04. The van der Waals surface area contributed by atoms with E-state index in [4.69, 9.17) is 10.2 Å². The van der Waals surface area contributed by atoms with Crippen molar-refractivity contribution in [2.75, 3.05) is 6.61 Å². The van der Waals surface area contributed by atoms with Crippen LogP contribution in [-0.2, 0) is 14.8 Å². The Kier molecular flexibility index (Phi) is 5.29. The van der Waals surface area contributed by atoms with Crippen LogP contribution in [0, 0.1) is 0 Å². The Morgan fingerprint density at radius 1 is 1.39 bits per heavy atom.